The first-order valence-electron chi connectivity index (χ1n) is 10.2. The number of carbonyl (C=O) groups excluding carboxylic acids is 1. The van der Waals surface area contributed by atoms with Crippen molar-refractivity contribution in [2.75, 3.05) is 34.3 Å². The van der Waals surface area contributed by atoms with Crippen LogP contribution in [0, 0.1) is 11.3 Å². The summed E-state index contributed by atoms with van der Waals surface area (Å²) in [5, 5.41) is 6.71. The average molecular weight is 516 g/mol. The van der Waals surface area contributed by atoms with Crippen LogP contribution in [0.25, 0.3) is 0 Å². The molecule has 29 heavy (non-hydrogen) atoms. The molecular weight excluding hydrogens is 479 g/mol. The second kappa shape index (κ2) is 12.2. The first kappa shape index (κ1) is 25.5. The van der Waals surface area contributed by atoms with Crippen LogP contribution in [-0.2, 0) is 11.3 Å². The zero-order chi connectivity index (χ0) is 20.6. The SMILES string of the molecule is CN=C(NCc1ccc(OCC(C)C)cc1)NCC1(C(=O)N(C)C)CCCC1.I. The molecule has 0 aliphatic heterocycles. The van der Waals surface area contributed by atoms with Gasteiger partial charge in [-0.15, -0.1) is 24.0 Å². The van der Waals surface area contributed by atoms with Gasteiger partial charge in [0.25, 0.3) is 0 Å². The molecule has 1 fully saturated rings. The molecule has 1 aromatic carbocycles. The van der Waals surface area contributed by atoms with Crippen LogP contribution in [0.2, 0.25) is 0 Å². The zero-order valence-electron chi connectivity index (χ0n) is 18.5. The molecule has 0 spiro atoms. The molecule has 2 rings (SSSR count). The molecule has 1 aliphatic rings. The molecule has 1 saturated carbocycles. The third-order valence-electron chi connectivity index (χ3n) is 5.20. The van der Waals surface area contributed by atoms with Gasteiger partial charge in [0.1, 0.15) is 5.75 Å². The van der Waals surface area contributed by atoms with Gasteiger partial charge in [0, 0.05) is 34.2 Å². The highest BCUT2D eigenvalue weighted by Crippen LogP contribution is 2.38. The van der Waals surface area contributed by atoms with E-state index in [1.807, 2.05) is 26.2 Å². The molecule has 0 bridgehead atoms. The molecule has 7 heteroatoms. The summed E-state index contributed by atoms with van der Waals surface area (Å²) in [5.41, 5.74) is 0.844. The number of ether oxygens (including phenoxy) is 1. The fourth-order valence-corrected chi connectivity index (χ4v) is 3.62. The van der Waals surface area contributed by atoms with E-state index in [9.17, 15) is 4.79 Å². The quantitative estimate of drug-likeness (QED) is 0.315. The first-order chi connectivity index (χ1) is 13.4. The Morgan fingerprint density at radius 2 is 1.79 bits per heavy atom. The Bertz CT molecular complexity index is 653. The highest BCUT2D eigenvalue weighted by Gasteiger charge is 2.42. The lowest BCUT2D eigenvalue weighted by Crippen LogP contribution is -2.49. The molecule has 1 aliphatic carbocycles. The van der Waals surface area contributed by atoms with Crippen molar-refractivity contribution in [2.45, 2.75) is 46.1 Å². The molecule has 0 radical (unpaired) electrons. The Kier molecular flexibility index (Phi) is 10.8. The van der Waals surface area contributed by atoms with Crippen molar-refractivity contribution in [1.82, 2.24) is 15.5 Å². The van der Waals surface area contributed by atoms with Crippen LogP contribution in [-0.4, -0.2) is 51.1 Å². The van der Waals surface area contributed by atoms with Crippen molar-refractivity contribution in [3.63, 3.8) is 0 Å². The Balaban J connectivity index is 0.00000420. The maximum atomic E-state index is 12.7. The summed E-state index contributed by atoms with van der Waals surface area (Å²) in [4.78, 5) is 18.7. The highest BCUT2D eigenvalue weighted by molar-refractivity contribution is 14.0. The van der Waals surface area contributed by atoms with E-state index in [0.717, 1.165) is 49.6 Å². The molecule has 0 aromatic heterocycles. The number of hydrogen-bond donors (Lipinski definition) is 2. The molecule has 2 N–H and O–H groups in total. The molecule has 6 nitrogen and oxygen atoms in total. The topological polar surface area (TPSA) is 66.0 Å². The number of hydrogen-bond acceptors (Lipinski definition) is 3. The van der Waals surface area contributed by atoms with E-state index in [1.54, 1.807) is 11.9 Å². The number of amides is 1. The monoisotopic (exact) mass is 516 g/mol. The lowest BCUT2D eigenvalue weighted by molar-refractivity contribution is -0.138. The Morgan fingerprint density at radius 3 is 2.31 bits per heavy atom. The number of rotatable bonds is 8. The normalized spacial score (nSPS) is 15.6. The number of nitrogens with zero attached hydrogens (tertiary/aromatic N) is 2. The van der Waals surface area contributed by atoms with Gasteiger partial charge in [-0.3, -0.25) is 9.79 Å². The van der Waals surface area contributed by atoms with Crippen molar-refractivity contribution in [3.05, 3.63) is 29.8 Å². The van der Waals surface area contributed by atoms with Gasteiger partial charge in [0.15, 0.2) is 5.96 Å². The van der Waals surface area contributed by atoms with Crippen LogP contribution in [0.4, 0.5) is 0 Å². The Morgan fingerprint density at radius 1 is 1.17 bits per heavy atom. The van der Waals surface area contributed by atoms with E-state index in [4.69, 9.17) is 4.74 Å². The Labute approximate surface area is 192 Å². The lowest BCUT2D eigenvalue weighted by Gasteiger charge is -2.31. The molecule has 1 aromatic rings. The predicted molar refractivity (Wildman–Crippen MR) is 130 cm³/mol. The van der Waals surface area contributed by atoms with Gasteiger partial charge < -0.3 is 20.3 Å². The van der Waals surface area contributed by atoms with Gasteiger partial charge >= 0.3 is 0 Å². The summed E-state index contributed by atoms with van der Waals surface area (Å²) in [7, 11) is 5.43. The fraction of sp³-hybridized carbons (Fsp3) is 0.636. The van der Waals surface area contributed by atoms with Gasteiger partial charge in [0.2, 0.25) is 5.91 Å². The minimum atomic E-state index is -0.309. The van der Waals surface area contributed by atoms with E-state index in [1.165, 1.54) is 0 Å². The molecule has 0 heterocycles. The average Bonchev–Trinajstić information content (AvgIpc) is 3.16. The molecule has 0 atom stereocenters. The first-order valence-corrected chi connectivity index (χ1v) is 10.2. The third kappa shape index (κ3) is 7.68. The second-order valence-electron chi connectivity index (χ2n) is 8.32. The molecule has 0 unspecified atom stereocenters. The van der Waals surface area contributed by atoms with E-state index < -0.39 is 0 Å². The third-order valence-corrected chi connectivity index (χ3v) is 5.20. The number of nitrogens with one attached hydrogen (secondary N) is 2. The molecule has 1 amide bonds. The van der Waals surface area contributed by atoms with Crippen LogP contribution in [0.3, 0.4) is 0 Å². The number of aliphatic imine (C=N–C) groups is 1. The van der Waals surface area contributed by atoms with Gasteiger partial charge in [-0.05, 0) is 36.5 Å². The molecule has 0 saturated heterocycles. The van der Waals surface area contributed by atoms with Crippen LogP contribution in [0.15, 0.2) is 29.3 Å². The van der Waals surface area contributed by atoms with Crippen LogP contribution < -0.4 is 15.4 Å². The smallest absolute Gasteiger partial charge is 0.230 e. The van der Waals surface area contributed by atoms with Gasteiger partial charge in [-0.1, -0.05) is 38.8 Å². The predicted octanol–water partition coefficient (Wildman–Crippen LogP) is 3.65. The largest absolute Gasteiger partial charge is 0.493 e. The van der Waals surface area contributed by atoms with E-state index in [-0.39, 0.29) is 35.3 Å². The number of guanidine groups is 1. The summed E-state index contributed by atoms with van der Waals surface area (Å²) in [5.74, 6) is 2.34. The van der Waals surface area contributed by atoms with Crippen LogP contribution in [0.5, 0.6) is 5.75 Å². The molecule has 164 valence electrons. The number of carbonyl (C=O) groups is 1. The zero-order valence-corrected chi connectivity index (χ0v) is 20.8. The maximum Gasteiger partial charge on any atom is 0.230 e. The highest BCUT2D eigenvalue weighted by atomic mass is 127. The van der Waals surface area contributed by atoms with Crippen molar-refractivity contribution < 1.29 is 9.53 Å². The number of halogens is 1. The second-order valence-corrected chi connectivity index (χ2v) is 8.32. The summed E-state index contributed by atoms with van der Waals surface area (Å²) in [6.45, 7) is 6.28. The van der Waals surface area contributed by atoms with E-state index in [2.05, 4.69) is 41.6 Å². The van der Waals surface area contributed by atoms with Crippen molar-refractivity contribution >= 4 is 35.8 Å². The van der Waals surface area contributed by atoms with E-state index in [0.29, 0.717) is 19.0 Å². The Hall–Kier alpha value is -1.51. The lowest BCUT2D eigenvalue weighted by atomic mass is 9.84. The summed E-state index contributed by atoms with van der Waals surface area (Å²) < 4.78 is 5.73. The summed E-state index contributed by atoms with van der Waals surface area (Å²) in [6.07, 6.45) is 4.09. The summed E-state index contributed by atoms with van der Waals surface area (Å²) in [6, 6.07) is 8.12. The minimum Gasteiger partial charge on any atom is -0.493 e. The van der Waals surface area contributed by atoms with Crippen LogP contribution >= 0.6 is 24.0 Å². The van der Waals surface area contributed by atoms with Crippen molar-refractivity contribution in [3.8, 4) is 5.75 Å². The van der Waals surface area contributed by atoms with Crippen molar-refractivity contribution in [1.29, 1.82) is 0 Å². The van der Waals surface area contributed by atoms with Gasteiger partial charge in [-0.2, -0.15) is 0 Å². The number of benzene rings is 1. The van der Waals surface area contributed by atoms with Crippen molar-refractivity contribution in [2.24, 2.45) is 16.3 Å². The fourth-order valence-electron chi connectivity index (χ4n) is 3.62. The minimum absolute atomic E-state index is 0. The van der Waals surface area contributed by atoms with Gasteiger partial charge in [-0.25, -0.2) is 0 Å². The van der Waals surface area contributed by atoms with Gasteiger partial charge in [0.05, 0.1) is 12.0 Å². The maximum absolute atomic E-state index is 12.7. The van der Waals surface area contributed by atoms with E-state index >= 15 is 0 Å². The summed E-state index contributed by atoms with van der Waals surface area (Å²) >= 11 is 0. The standard InChI is InChI=1S/C22H36N4O2.HI/c1-17(2)15-28-19-10-8-18(9-11-19)14-24-21(23-3)25-16-22(12-6-7-13-22)20(27)26(4)5;/h8-11,17H,6-7,12-16H2,1-5H3,(H2,23,24,25);1H. The molecular formula is C22H37IN4O2. The van der Waals surface area contributed by atoms with Crippen LogP contribution in [0.1, 0.15) is 45.1 Å².